The van der Waals surface area contributed by atoms with Gasteiger partial charge in [0.1, 0.15) is 6.29 Å². The summed E-state index contributed by atoms with van der Waals surface area (Å²) in [6.07, 6.45) is 0.852. The van der Waals surface area contributed by atoms with Crippen molar-refractivity contribution in [3.63, 3.8) is 0 Å². The molecule has 0 unspecified atom stereocenters. The van der Waals surface area contributed by atoms with Gasteiger partial charge in [-0.3, -0.25) is 4.79 Å². The van der Waals surface area contributed by atoms with Crippen LogP contribution in [0.3, 0.4) is 0 Å². The average molecular weight is 276 g/mol. The van der Waals surface area contributed by atoms with Crippen molar-refractivity contribution in [2.24, 2.45) is 11.8 Å². The minimum absolute atomic E-state index is 0.0156. The van der Waals surface area contributed by atoms with Crippen molar-refractivity contribution in [2.45, 2.75) is 26.2 Å². The van der Waals surface area contributed by atoms with Crippen LogP contribution in [-0.4, -0.2) is 25.1 Å². The smallest absolute Gasteiger partial charge is 0.374 e. The summed E-state index contributed by atoms with van der Waals surface area (Å²) in [4.78, 5) is 34.5. The zero-order valence-electron chi connectivity index (χ0n) is 12.0. The van der Waals surface area contributed by atoms with E-state index in [2.05, 4.69) is 4.74 Å². The second kappa shape index (κ2) is 7.58. The first-order valence-corrected chi connectivity index (χ1v) is 6.62. The number of carbonyl (C=O) groups is 3. The molecule has 1 rings (SSSR count). The summed E-state index contributed by atoms with van der Waals surface area (Å²) in [5.41, 5.74) is 0.885. The molecule has 1 aromatic carbocycles. The predicted molar refractivity (Wildman–Crippen MR) is 75.2 cm³/mol. The summed E-state index contributed by atoms with van der Waals surface area (Å²) in [6, 6.07) is 9.32. The zero-order valence-corrected chi connectivity index (χ0v) is 12.0. The van der Waals surface area contributed by atoms with E-state index in [1.54, 1.807) is 0 Å². The average Bonchev–Trinajstić information content (AvgIpc) is 2.46. The molecule has 0 spiro atoms. The number of methoxy groups -OCH3 is 1. The molecule has 0 N–H and O–H groups in total. The van der Waals surface area contributed by atoms with Crippen molar-refractivity contribution >= 4 is 18.0 Å². The lowest BCUT2D eigenvalue weighted by Gasteiger charge is -2.25. The van der Waals surface area contributed by atoms with Crippen molar-refractivity contribution in [3.8, 4) is 0 Å². The topological polar surface area (TPSA) is 60.4 Å². The van der Waals surface area contributed by atoms with Crippen molar-refractivity contribution < 1.29 is 19.1 Å². The highest BCUT2D eigenvalue weighted by atomic mass is 16.5. The summed E-state index contributed by atoms with van der Waals surface area (Å²) in [5.74, 6) is -2.00. The molecule has 108 valence electrons. The molecule has 4 heteroatoms. The van der Waals surface area contributed by atoms with Crippen LogP contribution in [-0.2, 0) is 19.1 Å². The standard InChI is InChI=1S/C16H20O4/c1-11(2)14(10-17)13(9-15(18)16(19)20-3)12-7-5-4-6-8-12/h4-8,10-11,13-14H,9H2,1-3H3/t13-,14-/m1/s1. The van der Waals surface area contributed by atoms with E-state index in [0.717, 1.165) is 11.8 Å². The fraction of sp³-hybridized carbons (Fsp3) is 0.438. The van der Waals surface area contributed by atoms with Crippen LogP contribution < -0.4 is 0 Å². The lowest BCUT2D eigenvalue weighted by Crippen LogP contribution is -2.26. The van der Waals surface area contributed by atoms with Crippen LogP contribution in [0.2, 0.25) is 0 Å². The van der Waals surface area contributed by atoms with Gasteiger partial charge in [0.2, 0.25) is 5.78 Å². The zero-order chi connectivity index (χ0) is 15.1. The van der Waals surface area contributed by atoms with Crippen molar-refractivity contribution in [2.75, 3.05) is 7.11 Å². The van der Waals surface area contributed by atoms with E-state index < -0.39 is 11.8 Å². The molecule has 0 radical (unpaired) electrons. The fourth-order valence-electron chi connectivity index (χ4n) is 2.29. The number of hydrogen-bond donors (Lipinski definition) is 0. The summed E-state index contributed by atoms with van der Waals surface area (Å²) in [7, 11) is 1.18. The molecule has 0 fully saturated rings. The number of ether oxygens (including phenoxy) is 1. The first kappa shape index (κ1) is 16.1. The fourth-order valence-corrected chi connectivity index (χ4v) is 2.29. The van der Waals surface area contributed by atoms with E-state index in [4.69, 9.17) is 0 Å². The van der Waals surface area contributed by atoms with Gasteiger partial charge < -0.3 is 9.53 Å². The van der Waals surface area contributed by atoms with Crippen molar-refractivity contribution in [3.05, 3.63) is 35.9 Å². The van der Waals surface area contributed by atoms with E-state index >= 15 is 0 Å². The Labute approximate surface area is 119 Å². The summed E-state index contributed by atoms with van der Waals surface area (Å²) < 4.78 is 4.45. The summed E-state index contributed by atoms with van der Waals surface area (Å²) >= 11 is 0. The lowest BCUT2D eigenvalue weighted by atomic mass is 9.77. The van der Waals surface area contributed by atoms with Gasteiger partial charge in [-0.05, 0) is 11.5 Å². The second-order valence-corrected chi connectivity index (χ2v) is 5.09. The maximum absolute atomic E-state index is 11.8. The molecule has 0 bridgehead atoms. The Kier molecular flexibility index (Phi) is 6.10. The third kappa shape index (κ3) is 4.02. The molecule has 1 aromatic rings. The maximum Gasteiger partial charge on any atom is 0.374 e. The van der Waals surface area contributed by atoms with E-state index in [9.17, 15) is 14.4 Å². The molecule has 0 aliphatic carbocycles. The Balaban J connectivity index is 3.05. The first-order valence-electron chi connectivity index (χ1n) is 6.62. The number of carbonyl (C=O) groups excluding carboxylic acids is 3. The van der Waals surface area contributed by atoms with Crippen molar-refractivity contribution in [1.82, 2.24) is 0 Å². The highest BCUT2D eigenvalue weighted by Crippen LogP contribution is 2.32. The molecule has 0 aliphatic heterocycles. The van der Waals surface area contributed by atoms with Crippen LogP contribution in [0.4, 0.5) is 0 Å². The summed E-state index contributed by atoms with van der Waals surface area (Å²) in [6.45, 7) is 3.86. The Bertz CT molecular complexity index is 465. The molecule has 20 heavy (non-hydrogen) atoms. The molecule has 0 amide bonds. The number of hydrogen-bond acceptors (Lipinski definition) is 4. The molecule has 0 saturated carbocycles. The Hall–Kier alpha value is -1.97. The monoisotopic (exact) mass is 276 g/mol. The van der Waals surface area contributed by atoms with E-state index in [0.29, 0.717) is 0 Å². The largest absolute Gasteiger partial charge is 0.463 e. The first-order chi connectivity index (χ1) is 9.51. The van der Waals surface area contributed by atoms with Gasteiger partial charge in [0.05, 0.1) is 7.11 Å². The minimum Gasteiger partial charge on any atom is -0.463 e. The van der Waals surface area contributed by atoms with Gasteiger partial charge in [0.25, 0.3) is 0 Å². The van der Waals surface area contributed by atoms with Crippen LogP contribution in [0.15, 0.2) is 30.3 Å². The SMILES string of the molecule is COC(=O)C(=O)C[C@H](c1ccccc1)[C@H](C=O)C(C)C. The maximum atomic E-state index is 11.8. The Morgan fingerprint density at radius 3 is 2.25 bits per heavy atom. The van der Waals surface area contributed by atoms with E-state index in [-0.39, 0.29) is 24.2 Å². The van der Waals surface area contributed by atoms with Crippen molar-refractivity contribution in [1.29, 1.82) is 0 Å². The van der Waals surface area contributed by atoms with Gasteiger partial charge >= 0.3 is 5.97 Å². The van der Waals surface area contributed by atoms with Crippen LogP contribution in [0.5, 0.6) is 0 Å². The number of benzene rings is 1. The van der Waals surface area contributed by atoms with Crippen LogP contribution in [0, 0.1) is 11.8 Å². The molecule has 0 aromatic heterocycles. The van der Waals surface area contributed by atoms with E-state index in [1.807, 2.05) is 44.2 Å². The van der Waals surface area contributed by atoms with Crippen LogP contribution >= 0.6 is 0 Å². The van der Waals surface area contributed by atoms with Gasteiger partial charge in [0.15, 0.2) is 0 Å². The van der Waals surface area contributed by atoms with Gasteiger partial charge in [-0.1, -0.05) is 44.2 Å². The minimum atomic E-state index is -0.862. The molecule has 2 atom stereocenters. The highest BCUT2D eigenvalue weighted by molar-refractivity contribution is 6.33. The lowest BCUT2D eigenvalue weighted by molar-refractivity contribution is -0.152. The molecule has 0 saturated heterocycles. The molecular formula is C16H20O4. The van der Waals surface area contributed by atoms with Crippen LogP contribution in [0.25, 0.3) is 0 Å². The number of aldehydes is 1. The predicted octanol–water partition coefficient (Wildman–Crippen LogP) is 2.37. The quantitative estimate of drug-likeness (QED) is 0.436. The highest BCUT2D eigenvalue weighted by Gasteiger charge is 2.30. The van der Waals surface area contributed by atoms with Gasteiger partial charge in [-0.2, -0.15) is 0 Å². The number of Topliss-reactive ketones (excluding diaryl/α,β-unsaturated/α-hetero) is 1. The normalized spacial score (nSPS) is 13.6. The molecular weight excluding hydrogens is 256 g/mol. The van der Waals surface area contributed by atoms with E-state index in [1.165, 1.54) is 7.11 Å². The van der Waals surface area contributed by atoms with Gasteiger partial charge in [-0.15, -0.1) is 0 Å². The summed E-state index contributed by atoms with van der Waals surface area (Å²) in [5, 5.41) is 0. The third-order valence-corrected chi connectivity index (χ3v) is 3.44. The number of esters is 1. The number of rotatable bonds is 7. The third-order valence-electron chi connectivity index (χ3n) is 3.44. The van der Waals surface area contributed by atoms with Gasteiger partial charge in [-0.25, -0.2) is 4.79 Å². The molecule has 0 aliphatic rings. The Morgan fingerprint density at radius 1 is 1.20 bits per heavy atom. The molecule has 0 heterocycles. The van der Waals surface area contributed by atoms with Crippen LogP contribution in [0.1, 0.15) is 31.7 Å². The Morgan fingerprint density at radius 2 is 1.80 bits per heavy atom. The molecule has 4 nitrogen and oxygen atoms in total. The number of ketones is 1. The second-order valence-electron chi connectivity index (χ2n) is 5.09. The van der Waals surface area contributed by atoms with Gasteiger partial charge in [0, 0.05) is 18.3 Å².